The Morgan fingerprint density at radius 1 is 1.53 bits per heavy atom. The maximum Gasteiger partial charge on any atom is 0.269 e. The van der Waals surface area contributed by atoms with Gasteiger partial charge in [0.2, 0.25) is 0 Å². The fourth-order valence-corrected chi connectivity index (χ4v) is 2.40. The third-order valence-corrected chi connectivity index (χ3v) is 4.26. The average molecular weight is 299 g/mol. The average Bonchev–Trinajstić information content (AvgIpc) is 2.30. The summed E-state index contributed by atoms with van der Waals surface area (Å²) in [5.74, 6) is 0.625. The van der Waals surface area contributed by atoms with Crippen molar-refractivity contribution in [1.82, 2.24) is 0 Å². The van der Waals surface area contributed by atoms with Gasteiger partial charge in [-0.15, -0.1) is 0 Å². The lowest BCUT2D eigenvalue weighted by atomic mass is 10.1. The third kappa shape index (κ3) is 1.83. The molecule has 5 heteroatoms. The van der Waals surface area contributed by atoms with Gasteiger partial charge in [0.25, 0.3) is 5.91 Å². The van der Waals surface area contributed by atoms with E-state index >= 15 is 0 Å². The van der Waals surface area contributed by atoms with Crippen LogP contribution in [0.2, 0.25) is 0 Å². The van der Waals surface area contributed by atoms with Gasteiger partial charge in [-0.05, 0) is 31.0 Å². The molecule has 0 bridgehead atoms. The van der Waals surface area contributed by atoms with Gasteiger partial charge in [0.15, 0.2) is 6.10 Å². The molecule has 1 unspecified atom stereocenters. The lowest BCUT2D eigenvalue weighted by Crippen LogP contribution is -2.47. The monoisotopic (exact) mass is 298 g/mol. The van der Waals surface area contributed by atoms with Crippen LogP contribution in [0.15, 0.2) is 10.5 Å². The van der Waals surface area contributed by atoms with Crippen LogP contribution in [0.1, 0.15) is 11.1 Å². The van der Waals surface area contributed by atoms with E-state index in [0.717, 1.165) is 27.0 Å². The van der Waals surface area contributed by atoms with Crippen molar-refractivity contribution < 1.29 is 9.53 Å². The largest absolute Gasteiger partial charge is 0.477 e. The summed E-state index contributed by atoms with van der Waals surface area (Å²) >= 11 is 3.52. The number of hydrogen-bond donors (Lipinski definition) is 1. The highest BCUT2D eigenvalue weighted by atomic mass is 79.9. The van der Waals surface area contributed by atoms with E-state index in [1.54, 1.807) is 11.9 Å². The van der Waals surface area contributed by atoms with Crippen LogP contribution in [0.4, 0.5) is 5.69 Å². The van der Waals surface area contributed by atoms with E-state index in [-0.39, 0.29) is 12.5 Å². The Morgan fingerprint density at radius 2 is 2.18 bits per heavy atom. The number of rotatable bonds is 1. The number of ether oxygens (including phenoxy) is 1. The van der Waals surface area contributed by atoms with E-state index in [1.165, 1.54) is 0 Å². The highest BCUT2D eigenvalue weighted by Crippen LogP contribution is 2.41. The fraction of sp³-hybridized carbons (Fsp3) is 0.417. The van der Waals surface area contributed by atoms with Crippen molar-refractivity contribution in [2.45, 2.75) is 20.0 Å². The number of fused-ring (bicyclic) bond motifs is 1. The predicted molar refractivity (Wildman–Crippen MR) is 70.5 cm³/mol. The molecule has 17 heavy (non-hydrogen) atoms. The van der Waals surface area contributed by atoms with Gasteiger partial charge >= 0.3 is 0 Å². The van der Waals surface area contributed by atoms with Crippen LogP contribution in [0, 0.1) is 13.8 Å². The SMILES string of the molecule is Cc1cc2c(c(C)c1Br)N(C)C(=O)C(CN)O2. The Labute approximate surface area is 109 Å². The lowest BCUT2D eigenvalue weighted by molar-refractivity contribution is -0.125. The van der Waals surface area contributed by atoms with Crippen LogP contribution in [-0.2, 0) is 4.79 Å². The molecule has 2 N–H and O–H groups in total. The van der Waals surface area contributed by atoms with Gasteiger partial charge in [0.1, 0.15) is 5.75 Å². The van der Waals surface area contributed by atoms with Crippen LogP contribution in [-0.4, -0.2) is 25.6 Å². The normalized spacial score (nSPS) is 19.0. The Kier molecular flexibility index (Phi) is 3.14. The Hall–Kier alpha value is -1.07. The molecular weight excluding hydrogens is 284 g/mol. The summed E-state index contributed by atoms with van der Waals surface area (Å²) in [6.07, 6.45) is -0.576. The Balaban J connectivity index is 2.61. The quantitative estimate of drug-likeness (QED) is 0.859. The maximum absolute atomic E-state index is 12.0. The molecule has 0 radical (unpaired) electrons. The fourth-order valence-electron chi connectivity index (χ4n) is 2.10. The van der Waals surface area contributed by atoms with E-state index in [4.69, 9.17) is 10.5 Å². The van der Waals surface area contributed by atoms with E-state index in [1.807, 2.05) is 19.9 Å². The highest BCUT2D eigenvalue weighted by Gasteiger charge is 2.33. The van der Waals surface area contributed by atoms with Crippen LogP contribution < -0.4 is 15.4 Å². The molecular formula is C12H15BrN2O2. The molecule has 0 fully saturated rings. The van der Waals surface area contributed by atoms with Gasteiger partial charge < -0.3 is 15.4 Å². The number of likely N-dealkylation sites (N-methyl/N-ethyl adjacent to an activating group) is 1. The number of hydrogen-bond acceptors (Lipinski definition) is 3. The second kappa shape index (κ2) is 4.31. The number of nitrogens with two attached hydrogens (primary N) is 1. The number of anilines is 1. The standard InChI is InChI=1S/C12H15BrN2O2/c1-6-4-8-11(7(2)10(6)13)15(3)12(16)9(5-14)17-8/h4,9H,5,14H2,1-3H3. The molecule has 0 spiro atoms. The third-order valence-electron chi connectivity index (χ3n) is 3.04. The first-order valence-corrected chi connectivity index (χ1v) is 6.20. The number of amides is 1. The zero-order chi connectivity index (χ0) is 12.7. The Morgan fingerprint density at radius 3 is 2.76 bits per heavy atom. The first-order valence-electron chi connectivity index (χ1n) is 5.41. The van der Waals surface area contributed by atoms with E-state index in [2.05, 4.69) is 15.9 Å². The van der Waals surface area contributed by atoms with E-state index in [0.29, 0.717) is 0 Å². The van der Waals surface area contributed by atoms with Gasteiger partial charge in [-0.2, -0.15) is 0 Å². The number of benzene rings is 1. The van der Waals surface area contributed by atoms with Crippen molar-refractivity contribution in [3.05, 3.63) is 21.7 Å². The topological polar surface area (TPSA) is 55.6 Å². The molecule has 2 rings (SSSR count). The summed E-state index contributed by atoms with van der Waals surface area (Å²) in [6, 6.07) is 1.93. The molecule has 1 aromatic carbocycles. The molecule has 0 aromatic heterocycles. The smallest absolute Gasteiger partial charge is 0.269 e. The van der Waals surface area contributed by atoms with E-state index < -0.39 is 6.10 Å². The van der Waals surface area contributed by atoms with Gasteiger partial charge in [0, 0.05) is 18.1 Å². The minimum atomic E-state index is -0.576. The zero-order valence-electron chi connectivity index (χ0n) is 10.1. The molecule has 1 aromatic rings. The first-order chi connectivity index (χ1) is 7.97. The Bertz CT molecular complexity index is 488. The molecule has 0 saturated heterocycles. The van der Waals surface area contributed by atoms with Crippen molar-refractivity contribution >= 4 is 27.5 Å². The highest BCUT2D eigenvalue weighted by molar-refractivity contribution is 9.10. The van der Waals surface area contributed by atoms with Gasteiger partial charge in [-0.3, -0.25) is 4.79 Å². The van der Waals surface area contributed by atoms with Crippen molar-refractivity contribution in [1.29, 1.82) is 0 Å². The molecule has 1 amide bonds. The van der Waals surface area contributed by atoms with Crippen molar-refractivity contribution in [2.75, 3.05) is 18.5 Å². The first kappa shape index (κ1) is 12.4. The number of carbonyl (C=O) groups is 1. The number of aryl methyl sites for hydroxylation is 1. The van der Waals surface area contributed by atoms with Gasteiger partial charge in [0.05, 0.1) is 5.69 Å². The lowest BCUT2D eigenvalue weighted by Gasteiger charge is -2.33. The number of halogens is 1. The van der Waals surface area contributed by atoms with Crippen LogP contribution in [0.5, 0.6) is 5.75 Å². The van der Waals surface area contributed by atoms with Crippen LogP contribution in [0.25, 0.3) is 0 Å². The van der Waals surface area contributed by atoms with Gasteiger partial charge in [-0.1, -0.05) is 15.9 Å². The number of carbonyl (C=O) groups excluding carboxylic acids is 1. The minimum Gasteiger partial charge on any atom is -0.477 e. The zero-order valence-corrected chi connectivity index (χ0v) is 11.7. The molecule has 1 aliphatic rings. The van der Waals surface area contributed by atoms with Crippen LogP contribution in [0.3, 0.4) is 0 Å². The molecule has 1 aliphatic heterocycles. The van der Waals surface area contributed by atoms with E-state index in [9.17, 15) is 4.79 Å². The second-order valence-electron chi connectivity index (χ2n) is 4.22. The molecule has 1 heterocycles. The van der Waals surface area contributed by atoms with Crippen LogP contribution >= 0.6 is 15.9 Å². The minimum absolute atomic E-state index is 0.0983. The molecule has 0 aliphatic carbocycles. The predicted octanol–water partition coefficient (Wildman–Crippen LogP) is 1.75. The summed E-state index contributed by atoms with van der Waals surface area (Å²) in [4.78, 5) is 13.6. The summed E-state index contributed by atoms with van der Waals surface area (Å²) < 4.78 is 6.65. The van der Waals surface area contributed by atoms with Crippen molar-refractivity contribution in [3.8, 4) is 5.75 Å². The van der Waals surface area contributed by atoms with Crippen molar-refractivity contribution in [2.24, 2.45) is 5.73 Å². The maximum atomic E-state index is 12.0. The van der Waals surface area contributed by atoms with Gasteiger partial charge in [-0.25, -0.2) is 0 Å². The molecule has 92 valence electrons. The second-order valence-corrected chi connectivity index (χ2v) is 5.01. The number of nitrogens with zero attached hydrogens (tertiary/aromatic N) is 1. The molecule has 0 saturated carbocycles. The summed E-state index contributed by atoms with van der Waals surface area (Å²) in [6.45, 7) is 4.15. The summed E-state index contributed by atoms with van der Waals surface area (Å²) in [5.41, 5.74) is 8.44. The molecule has 1 atom stereocenters. The summed E-state index contributed by atoms with van der Waals surface area (Å²) in [5, 5.41) is 0. The van der Waals surface area contributed by atoms with Crippen molar-refractivity contribution in [3.63, 3.8) is 0 Å². The molecule has 4 nitrogen and oxygen atoms in total. The summed E-state index contributed by atoms with van der Waals surface area (Å²) in [7, 11) is 1.75.